The third kappa shape index (κ3) is 7.21. The molecule has 3 aromatic rings. The van der Waals surface area contributed by atoms with Gasteiger partial charge in [0.05, 0.1) is 42.9 Å². The second kappa shape index (κ2) is 14.2. The number of quaternary nitrogens is 1. The first-order chi connectivity index (χ1) is 21.6. The maximum atomic E-state index is 13.7. The van der Waals surface area contributed by atoms with Gasteiger partial charge in [-0.1, -0.05) is 75.2 Å². The number of piperazine rings is 3. The summed E-state index contributed by atoms with van der Waals surface area (Å²) in [5, 5.41) is 12.0. The number of benzene rings is 3. The van der Waals surface area contributed by atoms with E-state index in [0.717, 1.165) is 41.8 Å². The van der Waals surface area contributed by atoms with Crippen LogP contribution in [0.25, 0.3) is 0 Å². The molecule has 3 aromatic carbocycles. The van der Waals surface area contributed by atoms with Crippen LogP contribution in [0.4, 0.5) is 0 Å². The molecule has 0 amide bonds. The van der Waals surface area contributed by atoms with E-state index in [2.05, 4.69) is 47.8 Å². The minimum absolute atomic E-state index is 0. The molecule has 4 heterocycles. The molecule has 4 aliphatic heterocycles. The number of nitrogens with zero attached hydrogens (tertiary/aromatic N) is 3. The fourth-order valence-corrected chi connectivity index (χ4v) is 9.88. The zero-order chi connectivity index (χ0) is 31.7. The van der Waals surface area contributed by atoms with Crippen molar-refractivity contribution in [1.29, 1.82) is 0 Å². The maximum absolute atomic E-state index is 13.7. The number of hydrogen-bond acceptors (Lipinski definition) is 6. The summed E-state index contributed by atoms with van der Waals surface area (Å²) in [4.78, 5) is 6.90. The fourth-order valence-electron chi connectivity index (χ4n) is 7.72. The summed E-state index contributed by atoms with van der Waals surface area (Å²) in [5.74, 6) is 0.156. The van der Waals surface area contributed by atoms with Gasteiger partial charge >= 0.3 is 0 Å². The van der Waals surface area contributed by atoms with Gasteiger partial charge in [-0.3, -0.25) is 9.89 Å². The lowest BCUT2D eigenvalue weighted by Crippen LogP contribution is -3.00. The van der Waals surface area contributed by atoms with E-state index in [1.165, 1.54) is 49.3 Å². The molecule has 7 nitrogen and oxygen atoms in total. The number of aliphatic hydroxyl groups is 1. The topological polar surface area (TPSA) is 79.2 Å². The Bertz CT molecular complexity index is 1590. The van der Waals surface area contributed by atoms with Gasteiger partial charge in [-0.2, -0.15) is 0 Å². The van der Waals surface area contributed by atoms with Crippen LogP contribution in [-0.2, 0) is 29.5 Å². The molecule has 46 heavy (non-hydrogen) atoms. The summed E-state index contributed by atoms with van der Waals surface area (Å²) in [6.07, 6.45) is 1.54. The number of aliphatic imine (C=N–C) groups is 1. The van der Waals surface area contributed by atoms with Crippen molar-refractivity contribution in [1.82, 2.24) is 4.90 Å². The number of aliphatic hydroxyl groups excluding tert-OH is 1. The average molecular weight is 666 g/mol. The van der Waals surface area contributed by atoms with Gasteiger partial charge in [0, 0.05) is 36.5 Å². The highest BCUT2D eigenvalue weighted by molar-refractivity contribution is 7.91. The number of fused-ring (bicyclic) bond motifs is 4. The first-order valence-corrected chi connectivity index (χ1v) is 18.1. The molecule has 7 rings (SSSR count). The Morgan fingerprint density at radius 1 is 0.978 bits per heavy atom. The van der Waals surface area contributed by atoms with Gasteiger partial charge in [0.1, 0.15) is 18.9 Å². The molecule has 1 N–H and O–H groups in total. The van der Waals surface area contributed by atoms with Crippen molar-refractivity contribution in [2.24, 2.45) is 10.4 Å². The Hall–Kier alpha value is -2.75. The van der Waals surface area contributed by atoms with Crippen molar-refractivity contribution in [3.8, 4) is 5.75 Å². The molecule has 248 valence electrons. The Morgan fingerprint density at radius 2 is 1.61 bits per heavy atom. The highest BCUT2D eigenvalue weighted by Crippen LogP contribution is 2.47. The number of hydrogen-bond donors (Lipinski definition) is 1. The van der Waals surface area contributed by atoms with Gasteiger partial charge in [-0.05, 0) is 53.6 Å². The maximum Gasteiger partial charge on any atom is 0.179 e. The first-order valence-electron chi connectivity index (χ1n) is 16.5. The number of unbranched alkanes of at least 4 members (excludes halogenated alkanes) is 1. The van der Waals surface area contributed by atoms with Gasteiger partial charge in [-0.25, -0.2) is 8.42 Å². The molecule has 9 heteroatoms. The molecule has 3 fully saturated rings. The van der Waals surface area contributed by atoms with Gasteiger partial charge in [-0.15, -0.1) is 0 Å². The van der Waals surface area contributed by atoms with Gasteiger partial charge in [0.2, 0.25) is 0 Å². The van der Waals surface area contributed by atoms with E-state index in [0.29, 0.717) is 30.0 Å². The van der Waals surface area contributed by atoms with E-state index in [9.17, 15) is 13.5 Å². The number of ether oxygens (including phenoxy) is 1. The summed E-state index contributed by atoms with van der Waals surface area (Å²) in [6.45, 7) is 17.0. The van der Waals surface area contributed by atoms with E-state index in [1.54, 1.807) is 6.07 Å². The van der Waals surface area contributed by atoms with Crippen LogP contribution in [0, 0.1) is 5.41 Å². The second-order valence-electron chi connectivity index (χ2n) is 13.9. The smallest absolute Gasteiger partial charge is 0.179 e. The van der Waals surface area contributed by atoms with Crippen molar-refractivity contribution in [2.75, 3.05) is 45.0 Å². The van der Waals surface area contributed by atoms with Crippen molar-refractivity contribution in [3.05, 3.63) is 94.5 Å². The Labute approximate surface area is 281 Å². The van der Waals surface area contributed by atoms with Crippen LogP contribution in [-0.4, -0.2) is 80.8 Å². The predicted octanol–water partition coefficient (Wildman–Crippen LogP) is 2.59. The normalized spacial score (nSPS) is 28.0. The summed E-state index contributed by atoms with van der Waals surface area (Å²) < 4.78 is 34.8. The molecule has 3 atom stereocenters. The third-order valence-corrected chi connectivity index (χ3v) is 12.6. The van der Waals surface area contributed by atoms with Crippen LogP contribution in [0.1, 0.15) is 66.8 Å². The molecule has 0 radical (unpaired) electrons. The summed E-state index contributed by atoms with van der Waals surface area (Å²) in [7, 11) is -3.62. The van der Waals surface area contributed by atoms with E-state index in [-0.39, 0.29) is 18.2 Å². The predicted molar refractivity (Wildman–Crippen MR) is 179 cm³/mol. The Kier molecular flexibility index (Phi) is 10.6. The SMILES string of the molecule is C=NCc1ccc2c(c1)[C@@H](c1ccc(OCc3ccc(C[N+]45CCN(CC4)CC5)cc3)cc1)[C@@H](O)C(C)(CCCC)CS2(=O)=O.[Cl-]. The lowest BCUT2D eigenvalue weighted by atomic mass is 9.71. The lowest BCUT2D eigenvalue weighted by molar-refractivity contribution is -0.953. The van der Waals surface area contributed by atoms with Crippen molar-refractivity contribution < 1.29 is 35.2 Å². The molecule has 3 saturated heterocycles. The minimum Gasteiger partial charge on any atom is -1.00 e. The summed E-state index contributed by atoms with van der Waals surface area (Å²) in [5.41, 5.74) is 4.11. The third-order valence-electron chi connectivity index (χ3n) is 10.5. The number of sulfone groups is 1. The van der Waals surface area contributed by atoms with E-state index < -0.39 is 27.3 Å². The van der Waals surface area contributed by atoms with E-state index in [1.807, 2.05) is 43.3 Å². The molecule has 0 saturated carbocycles. The molecule has 0 spiro atoms. The largest absolute Gasteiger partial charge is 1.00 e. The molecule has 0 aromatic heterocycles. The molecule has 1 unspecified atom stereocenters. The standard InChI is InChI=1S/C37H48N3O4S.ClH/c1-4-5-16-37(2)27-45(42,43)34-15-10-30(24-38-3)23-33(34)35(36(37)41)31-11-13-32(14-12-31)44-26-29-8-6-28(7-9-29)25-40-20-17-39(18-21-40)19-22-40;/h6-15,23,35-36,41H,3-5,16-22,24-27H2,1-2H3;1H/q+1;/p-1/t35-,36-,37?;/m1./s1. The minimum atomic E-state index is -3.62. The van der Waals surface area contributed by atoms with Crippen LogP contribution in [0.15, 0.2) is 76.6 Å². The molecule has 2 bridgehead atoms. The van der Waals surface area contributed by atoms with E-state index >= 15 is 0 Å². The van der Waals surface area contributed by atoms with Crippen LogP contribution in [0.5, 0.6) is 5.75 Å². The van der Waals surface area contributed by atoms with Crippen molar-refractivity contribution >= 4 is 16.6 Å². The molecule has 0 aliphatic carbocycles. The van der Waals surface area contributed by atoms with E-state index in [4.69, 9.17) is 4.74 Å². The fraction of sp³-hybridized carbons (Fsp3) is 0.486. The summed E-state index contributed by atoms with van der Waals surface area (Å²) >= 11 is 0. The van der Waals surface area contributed by atoms with Crippen LogP contribution >= 0.6 is 0 Å². The zero-order valence-electron chi connectivity index (χ0n) is 27.2. The van der Waals surface area contributed by atoms with Crippen LogP contribution < -0.4 is 17.1 Å². The highest BCUT2D eigenvalue weighted by Gasteiger charge is 2.47. The summed E-state index contributed by atoms with van der Waals surface area (Å²) in [6, 6.07) is 22.0. The van der Waals surface area contributed by atoms with Crippen molar-refractivity contribution in [2.45, 2.75) is 69.7 Å². The number of halogens is 1. The van der Waals surface area contributed by atoms with Gasteiger partial charge in [0.25, 0.3) is 0 Å². The van der Waals surface area contributed by atoms with Crippen molar-refractivity contribution in [3.63, 3.8) is 0 Å². The second-order valence-corrected chi connectivity index (χ2v) is 15.8. The Balaban J connectivity index is 0.00000417. The monoisotopic (exact) mass is 665 g/mol. The molecular formula is C37H48ClN3O4S. The van der Waals surface area contributed by atoms with Gasteiger partial charge in [0.15, 0.2) is 9.84 Å². The van der Waals surface area contributed by atoms with Gasteiger partial charge < -0.3 is 26.7 Å². The van der Waals surface area contributed by atoms with Crippen LogP contribution in [0.2, 0.25) is 0 Å². The molecular weight excluding hydrogens is 618 g/mol. The highest BCUT2D eigenvalue weighted by atomic mass is 35.5. The zero-order valence-corrected chi connectivity index (χ0v) is 28.8. The molecule has 4 aliphatic rings. The quantitative estimate of drug-likeness (QED) is 0.252. The lowest BCUT2D eigenvalue weighted by Gasteiger charge is -2.50. The average Bonchev–Trinajstić information content (AvgIpc) is 3.11. The number of rotatable bonds is 11. The first kappa shape index (κ1) is 34.6. The van der Waals surface area contributed by atoms with Crippen LogP contribution in [0.3, 0.4) is 0 Å². The Morgan fingerprint density at radius 3 is 2.24 bits per heavy atom.